The minimum atomic E-state index is -4.34. The van der Waals surface area contributed by atoms with Crippen LogP contribution in [0, 0.1) is 0 Å². The summed E-state index contributed by atoms with van der Waals surface area (Å²) in [5, 5.41) is 0. The third kappa shape index (κ3) is 3.86. The number of alkyl halides is 3. The van der Waals surface area contributed by atoms with E-state index in [4.69, 9.17) is 7.85 Å². The minimum absolute atomic E-state index is 0.371. The maximum absolute atomic E-state index is 12.3. The van der Waals surface area contributed by atoms with Gasteiger partial charge in [0, 0.05) is 0 Å². The molecule has 1 unspecified atom stereocenters. The first-order valence-electron chi connectivity index (χ1n) is 4.16. The average molecular weight is 200 g/mol. The predicted molar refractivity (Wildman–Crippen MR) is 53.3 cm³/mol. The fourth-order valence-corrected chi connectivity index (χ4v) is 0.885. The molecule has 0 fully saturated rings. The smallest absolute Gasteiger partial charge is 0.166 e. The van der Waals surface area contributed by atoms with Crippen molar-refractivity contribution in [3.63, 3.8) is 0 Å². The first-order valence-corrected chi connectivity index (χ1v) is 4.16. The molecule has 0 spiro atoms. The van der Waals surface area contributed by atoms with Gasteiger partial charge in [-0.15, -0.1) is 0 Å². The molecule has 0 N–H and O–H groups in total. The SMILES string of the molecule is [B]C(C)/C(C=C)=C/C(=C\C)C(F)(F)F. The lowest BCUT2D eigenvalue weighted by atomic mass is 9.81. The second-order valence-corrected chi connectivity index (χ2v) is 2.88. The Hall–Kier alpha value is -0.925. The second-order valence-electron chi connectivity index (χ2n) is 2.88. The number of hydrogen-bond acceptors (Lipinski definition) is 0. The van der Waals surface area contributed by atoms with Crippen LogP contribution in [0.5, 0.6) is 0 Å². The molecule has 0 aromatic heterocycles. The van der Waals surface area contributed by atoms with Crippen LogP contribution in [-0.4, -0.2) is 14.0 Å². The summed E-state index contributed by atoms with van der Waals surface area (Å²) in [5.74, 6) is -0.454. The van der Waals surface area contributed by atoms with E-state index in [9.17, 15) is 13.2 Å². The van der Waals surface area contributed by atoms with E-state index in [2.05, 4.69) is 6.58 Å². The quantitative estimate of drug-likeness (QED) is 0.482. The summed E-state index contributed by atoms with van der Waals surface area (Å²) >= 11 is 0. The normalized spacial score (nSPS) is 16.6. The van der Waals surface area contributed by atoms with Crippen LogP contribution in [0.3, 0.4) is 0 Å². The van der Waals surface area contributed by atoms with Crippen molar-refractivity contribution < 1.29 is 13.2 Å². The third-order valence-electron chi connectivity index (χ3n) is 1.72. The summed E-state index contributed by atoms with van der Waals surface area (Å²) in [6, 6.07) is 0. The van der Waals surface area contributed by atoms with Crippen LogP contribution in [0.25, 0.3) is 0 Å². The largest absolute Gasteiger partial charge is 0.416 e. The number of hydrogen-bond donors (Lipinski definition) is 0. The molecule has 0 nitrogen and oxygen atoms in total. The van der Waals surface area contributed by atoms with Gasteiger partial charge in [0.1, 0.15) is 0 Å². The molecule has 0 aromatic rings. The van der Waals surface area contributed by atoms with Gasteiger partial charge in [-0.05, 0) is 13.0 Å². The Balaban J connectivity index is 5.02. The van der Waals surface area contributed by atoms with Crippen molar-refractivity contribution in [1.29, 1.82) is 0 Å². The summed E-state index contributed by atoms with van der Waals surface area (Å²) in [4.78, 5) is 0. The second kappa shape index (κ2) is 5.08. The minimum Gasteiger partial charge on any atom is -0.166 e. The lowest BCUT2D eigenvalue weighted by Crippen LogP contribution is -2.10. The molecule has 0 saturated carbocycles. The molecule has 0 rings (SSSR count). The Morgan fingerprint density at radius 1 is 1.43 bits per heavy atom. The van der Waals surface area contributed by atoms with E-state index in [0.29, 0.717) is 5.57 Å². The van der Waals surface area contributed by atoms with Gasteiger partial charge >= 0.3 is 6.18 Å². The summed E-state index contributed by atoms with van der Waals surface area (Å²) in [7, 11) is 5.46. The van der Waals surface area contributed by atoms with Crippen molar-refractivity contribution in [2.45, 2.75) is 25.8 Å². The molecule has 1 atom stereocenters. The summed E-state index contributed by atoms with van der Waals surface area (Å²) in [6.07, 6.45) is -0.985. The van der Waals surface area contributed by atoms with Gasteiger partial charge in [0.2, 0.25) is 0 Å². The van der Waals surface area contributed by atoms with Gasteiger partial charge in [0.15, 0.2) is 0 Å². The maximum Gasteiger partial charge on any atom is 0.416 e. The standard InChI is InChI=1S/C10H12BF3/c1-4-8(7(3)11)6-9(5-2)10(12,13)14/h4-7H,1H2,2-3H3/b8-6+,9-5+. The van der Waals surface area contributed by atoms with E-state index in [1.807, 2.05) is 0 Å². The topological polar surface area (TPSA) is 0 Å². The van der Waals surface area contributed by atoms with Crippen LogP contribution >= 0.6 is 0 Å². The Morgan fingerprint density at radius 2 is 1.93 bits per heavy atom. The van der Waals surface area contributed by atoms with Crippen LogP contribution < -0.4 is 0 Å². The first-order chi connectivity index (χ1) is 6.32. The maximum atomic E-state index is 12.3. The van der Waals surface area contributed by atoms with Gasteiger partial charge in [-0.2, -0.15) is 13.2 Å². The van der Waals surface area contributed by atoms with E-state index in [1.165, 1.54) is 13.0 Å². The number of halogens is 3. The molecule has 0 aliphatic carbocycles. The molecule has 0 saturated heterocycles. The Kier molecular flexibility index (Phi) is 4.74. The zero-order chi connectivity index (χ0) is 11.4. The van der Waals surface area contributed by atoms with Gasteiger partial charge in [0.25, 0.3) is 0 Å². The Labute approximate surface area is 83.6 Å². The van der Waals surface area contributed by atoms with Gasteiger partial charge < -0.3 is 0 Å². The third-order valence-corrected chi connectivity index (χ3v) is 1.72. The van der Waals surface area contributed by atoms with Gasteiger partial charge in [-0.1, -0.05) is 37.0 Å². The van der Waals surface area contributed by atoms with Crippen LogP contribution in [0.1, 0.15) is 13.8 Å². The van der Waals surface area contributed by atoms with Crippen LogP contribution in [0.15, 0.2) is 36.0 Å². The lowest BCUT2D eigenvalue weighted by Gasteiger charge is -2.11. The zero-order valence-corrected chi connectivity index (χ0v) is 8.23. The van der Waals surface area contributed by atoms with Gasteiger partial charge in [-0.25, -0.2) is 0 Å². The summed E-state index contributed by atoms with van der Waals surface area (Å²) in [6.45, 7) is 6.35. The number of allylic oxidation sites excluding steroid dienone is 5. The Morgan fingerprint density at radius 3 is 2.14 bits per heavy atom. The fourth-order valence-electron chi connectivity index (χ4n) is 0.885. The molecule has 0 heterocycles. The van der Waals surface area contributed by atoms with Gasteiger partial charge in [0.05, 0.1) is 13.4 Å². The fraction of sp³-hybridized carbons (Fsp3) is 0.400. The van der Waals surface area contributed by atoms with E-state index < -0.39 is 17.6 Å². The summed E-state index contributed by atoms with van der Waals surface area (Å²) < 4.78 is 36.9. The summed E-state index contributed by atoms with van der Waals surface area (Å²) in [5.41, 5.74) is -0.333. The molecule has 14 heavy (non-hydrogen) atoms. The highest BCUT2D eigenvalue weighted by molar-refractivity contribution is 6.13. The Bertz CT molecular complexity index is 259. The molecule has 0 aliphatic heterocycles. The lowest BCUT2D eigenvalue weighted by molar-refractivity contribution is -0.0883. The van der Waals surface area contributed by atoms with E-state index in [0.717, 1.165) is 12.2 Å². The molecule has 0 bridgehead atoms. The molecule has 76 valence electrons. The highest BCUT2D eigenvalue weighted by atomic mass is 19.4. The zero-order valence-electron chi connectivity index (χ0n) is 8.23. The molecule has 0 aliphatic rings. The van der Waals surface area contributed by atoms with Crippen LogP contribution in [0.4, 0.5) is 13.2 Å². The van der Waals surface area contributed by atoms with Crippen LogP contribution in [-0.2, 0) is 0 Å². The average Bonchev–Trinajstić information content (AvgIpc) is 2.03. The van der Waals surface area contributed by atoms with Crippen molar-refractivity contribution in [3.8, 4) is 0 Å². The number of rotatable bonds is 3. The molecular formula is C10H12BF3. The predicted octanol–water partition coefficient (Wildman–Crippen LogP) is 3.58. The van der Waals surface area contributed by atoms with Gasteiger partial charge in [-0.3, -0.25) is 0 Å². The van der Waals surface area contributed by atoms with Crippen molar-refractivity contribution in [2.24, 2.45) is 0 Å². The van der Waals surface area contributed by atoms with Crippen molar-refractivity contribution in [3.05, 3.63) is 36.0 Å². The molecule has 0 aromatic carbocycles. The molecular weight excluding hydrogens is 188 g/mol. The first kappa shape index (κ1) is 13.1. The van der Waals surface area contributed by atoms with Crippen molar-refractivity contribution >= 4 is 7.85 Å². The van der Waals surface area contributed by atoms with Crippen LogP contribution in [0.2, 0.25) is 5.82 Å². The van der Waals surface area contributed by atoms with E-state index >= 15 is 0 Å². The highest BCUT2D eigenvalue weighted by Gasteiger charge is 2.31. The molecule has 4 heteroatoms. The molecule has 0 amide bonds. The van der Waals surface area contributed by atoms with Crippen molar-refractivity contribution in [1.82, 2.24) is 0 Å². The van der Waals surface area contributed by atoms with E-state index in [-0.39, 0.29) is 0 Å². The molecule has 2 radical (unpaired) electrons. The highest BCUT2D eigenvalue weighted by Crippen LogP contribution is 2.29. The van der Waals surface area contributed by atoms with E-state index in [1.54, 1.807) is 6.92 Å². The monoisotopic (exact) mass is 200 g/mol. The van der Waals surface area contributed by atoms with Crippen molar-refractivity contribution in [2.75, 3.05) is 0 Å².